The lowest BCUT2D eigenvalue weighted by Crippen LogP contribution is -2.05. The molecule has 0 fully saturated rings. The number of hydrogen-bond donors (Lipinski definition) is 0. The molecule has 2 rings (SSSR count). The molecule has 0 spiro atoms. The highest BCUT2D eigenvalue weighted by atomic mass is 32.2. The van der Waals surface area contributed by atoms with Crippen molar-refractivity contribution in [2.45, 2.75) is 18.7 Å². The van der Waals surface area contributed by atoms with E-state index in [1.807, 2.05) is 6.92 Å². The minimum atomic E-state index is -4.05. The molecule has 0 aliphatic rings. The van der Waals surface area contributed by atoms with Gasteiger partial charge in [0, 0.05) is 5.56 Å². The van der Waals surface area contributed by atoms with Gasteiger partial charge < -0.3 is 0 Å². The molecule has 0 saturated carbocycles. The highest BCUT2D eigenvalue weighted by molar-refractivity contribution is 7.86. The van der Waals surface area contributed by atoms with Crippen LogP contribution in [0.5, 0.6) is 0 Å². The lowest BCUT2D eigenvalue weighted by Gasteiger charge is -2.04. The molecule has 0 radical (unpaired) electrons. The number of halogens is 2. The molecule has 0 amide bonds. The maximum atomic E-state index is 13.1. The molecule has 0 saturated heterocycles. The first kappa shape index (κ1) is 16.1. The van der Waals surface area contributed by atoms with Gasteiger partial charge in [-0.3, -0.25) is 4.28 Å². The molecule has 0 heterocycles. The zero-order chi connectivity index (χ0) is 16.3. The SMILES string of the molecule is C/C(=N/OS(=O)(=O)c1ccc(C)cc1)c1ccc(F)c(F)c1. The summed E-state index contributed by atoms with van der Waals surface area (Å²) in [5.74, 6) is -2.04. The second-order valence-electron chi connectivity index (χ2n) is 4.65. The van der Waals surface area contributed by atoms with Crippen molar-refractivity contribution in [3.63, 3.8) is 0 Å². The monoisotopic (exact) mass is 325 g/mol. The standard InChI is InChI=1S/C15H13F2NO3S/c1-10-3-6-13(7-4-10)22(19,20)21-18-11(2)12-5-8-14(16)15(17)9-12/h3-9H,1-2H3/b18-11-. The molecule has 0 aromatic heterocycles. The van der Waals surface area contributed by atoms with Crippen molar-refractivity contribution >= 4 is 15.8 Å². The van der Waals surface area contributed by atoms with E-state index >= 15 is 0 Å². The molecular formula is C15H13F2NO3S. The van der Waals surface area contributed by atoms with Crippen molar-refractivity contribution in [3.8, 4) is 0 Å². The normalized spacial score (nSPS) is 12.3. The summed E-state index contributed by atoms with van der Waals surface area (Å²) in [7, 11) is -4.05. The van der Waals surface area contributed by atoms with Crippen LogP contribution in [-0.2, 0) is 14.4 Å². The molecule has 116 valence electrons. The van der Waals surface area contributed by atoms with Crippen LogP contribution in [0.3, 0.4) is 0 Å². The Morgan fingerprint density at radius 3 is 2.27 bits per heavy atom. The van der Waals surface area contributed by atoms with Crippen molar-refractivity contribution in [3.05, 3.63) is 65.2 Å². The first-order valence-electron chi connectivity index (χ1n) is 6.30. The average molecular weight is 325 g/mol. The van der Waals surface area contributed by atoms with E-state index in [1.165, 1.54) is 25.1 Å². The average Bonchev–Trinajstić information content (AvgIpc) is 2.48. The third-order valence-electron chi connectivity index (χ3n) is 2.92. The fraction of sp³-hybridized carbons (Fsp3) is 0.133. The minimum absolute atomic E-state index is 0.0417. The maximum absolute atomic E-state index is 13.1. The van der Waals surface area contributed by atoms with E-state index in [0.717, 1.165) is 17.7 Å². The predicted octanol–water partition coefficient (Wildman–Crippen LogP) is 3.40. The molecule has 7 heteroatoms. The number of benzene rings is 2. The van der Waals surface area contributed by atoms with Crippen molar-refractivity contribution in [2.75, 3.05) is 0 Å². The minimum Gasteiger partial charge on any atom is -0.265 e. The lowest BCUT2D eigenvalue weighted by molar-refractivity contribution is 0.338. The van der Waals surface area contributed by atoms with Gasteiger partial charge in [0.1, 0.15) is 4.90 Å². The van der Waals surface area contributed by atoms with Gasteiger partial charge in [-0.05, 0) is 44.2 Å². The zero-order valence-electron chi connectivity index (χ0n) is 11.9. The van der Waals surface area contributed by atoms with Gasteiger partial charge in [0.15, 0.2) is 11.6 Å². The number of rotatable bonds is 4. The summed E-state index contributed by atoms with van der Waals surface area (Å²) in [5.41, 5.74) is 1.23. The second-order valence-corrected chi connectivity index (χ2v) is 6.18. The number of oxime groups is 1. The van der Waals surface area contributed by atoms with Gasteiger partial charge in [0.05, 0.1) is 5.71 Å². The smallest absolute Gasteiger partial charge is 0.265 e. The van der Waals surface area contributed by atoms with Crippen molar-refractivity contribution in [2.24, 2.45) is 5.16 Å². The number of nitrogens with zero attached hydrogens (tertiary/aromatic N) is 1. The molecular weight excluding hydrogens is 312 g/mol. The molecule has 0 bridgehead atoms. The Balaban J connectivity index is 2.22. The largest absolute Gasteiger partial charge is 0.358 e. The molecule has 22 heavy (non-hydrogen) atoms. The fourth-order valence-electron chi connectivity index (χ4n) is 1.63. The summed E-state index contributed by atoms with van der Waals surface area (Å²) in [6, 6.07) is 9.16. The van der Waals surface area contributed by atoms with Crippen LogP contribution in [0, 0.1) is 18.6 Å². The van der Waals surface area contributed by atoms with Gasteiger partial charge in [-0.2, -0.15) is 8.42 Å². The first-order valence-corrected chi connectivity index (χ1v) is 7.71. The third kappa shape index (κ3) is 3.67. The van der Waals surface area contributed by atoms with Crippen LogP contribution >= 0.6 is 0 Å². The van der Waals surface area contributed by atoms with E-state index in [9.17, 15) is 17.2 Å². The molecule has 0 aliphatic heterocycles. The van der Waals surface area contributed by atoms with Crippen molar-refractivity contribution < 1.29 is 21.5 Å². The summed E-state index contributed by atoms with van der Waals surface area (Å²) in [6.45, 7) is 3.25. The van der Waals surface area contributed by atoms with Crippen LogP contribution in [0.2, 0.25) is 0 Å². The van der Waals surface area contributed by atoms with Gasteiger partial charge in [-0.15, -0.1) is 0 Å². The summed E-state index contributed by atoms with van der Waals surface area (Å²) < 4.78 is 54.4. The highest BCUT2D eigenvalue weighted by Gasteiger charge is 2.15. The van der Waals surface area contributed by atoms with Crippen LogP contribution in [0.25, 0.3) is 0 Å². The van der Waals surface area contributed by atoms with Gasteiger partial charge in [-0.25, -0.2) is 8.78 Å². The van der Waals surface area contributed by atoms with Crippen LogP contribution in [0.4, 0.5) is 8.78 Å². The summed E-state index contributed by atoms with van der Waals surface area (Å²) in [6.07, 6.45) is 0. The molecule has 0 unspecified atom stereocenters. The predicted molar refractivity (Wildman–Crippen MR) is 78.0 cm³/mol. The fourth-order valence-corrected chi connectivity index (χ4v) is 2.39. The second kappa shape index (κ2) is 6.23. The van der Waals surface area contributed by atoms with Crippen molar-refractivity contribution in [1.29, 1.82) is 0 Å². The van der Waals surface area contributed by atoms with E-state index in [2.05, 4.69) is 9.44 Å². The topological polar surface area (TPSA) is 55.7 Å². The van der Waals surface area contributed by atoms with Gasteiger partial charge in [-0.1, -0.05) is 22.9 Å². The van der Waals surface area contributed by atoms with Gasteiger partial charge in [0.2, 0.25) is 0 Å². The maximum Gasteiger partial charge on any atom is 0.358 e. The van der Waals surface area contributed by atoms with E-state index in [4.69, 9.17) is 0 Å². The zero-order valence-corrected chi connectivity index (χ0v) is 12.7. The van der Waals surface area contributed by atoms with E-state index in [1.54, 1.807) is 12.1 Å². The summed E-state index contributed by atoms with van der Waals surface area (Å²) >= 11 is 0. The van der Waals surface area contributed by atoms with E-state index < -0.39 is 21.8 Å². The van der Waals surface area contributed by atoms with E-state index in [0.29, 0.717) is 0 Å². The first-order chi connectivity index (χ1) is 10.3. The molecule has 2 aromatic carbocycles. The number of hydrogen-bond acceptors (Lipinski definition) is 4. The summed E-state index contributed by atoms with van der Waals surface area (Å²) in [4.78, 5) is -0.0417. The Kier molecular flexibility index (Phi) is 4.56. The lowest BCUT2D eigenvalue weighted by atomic mass is 10.1. The van der Waals surface area contributed by atoms with Crippen LogP contribution in [-0.4, -0.2) is 14.1 Å². The third-order valence-corrected chi connectivity index (χ3v) is 4.04. The summed E-state index contributed by atoms with van der Waals surface area (Å²) in [5, 5.41) is 3.48. The number of aryl methyl sites for hydroxylation is 1. The Bertz CT molecular complexity index is 815. The van der Waals surface area contributed by atoms with E-state index in [-0.39, 0.29) is 16.2 Å². The van der Waals surface area contributed by atoms with Crippen LogP contribution < -0.4 is 0 Å². The quantitative estimate of drug-likeness (QED) is 0.639. The molecule has 0 atom stereocenters. The Morgan fingerprint density at radius 2 is 1.68 bits per heavy atom. The van der Waals surface area contributed by atoms with Crippen LogP contribution in [0.1, 0.15) is 18.1 Å². The molecule has 2 aromatic rings. The Morgan fingerprint density at radius 1 is 1.05 bits per heavy atom. The Labute approximate surface area is 127 Å². The highest BCUT2D eigenvalue weighted by Crippen LogP contribution is 2.15. The Hall–Kier alpha value is -2.28. The molecule has 0 aliphatic carbocycles. The molecule has 0 N–H and O–H groups in total. The van der Waals surface area contributed by atoms with Gasteiger partial charge in [0.25, 0.3) is 0 Å². The van der Waals surface area contributed by atoms with Crippen LogP contribution in [0.15, 0.2) is 52.5 Å². The molecule has 4 nitrogen and oxygen atoms in total. The van der Waals surface area contributed by atoms with Gasteiger partial charge >= 0.3 is 10.1 Å². The van der Waals surface area contributed by atoms with Crippen molar-refractivity contribution in [1.82, 2.24) is 0 Å².